The van der Waals surface area contributed by atoms with Gasteiger partial charge in [0, 0.05) is 15.8 Å². The first-order valence-electron chi connectivity index (χ1n) is 9.14. The summed E-state index contributed by atoms with van der Waals surface area (Å²) in [4.78, 5) is 15.3. The second-order valence-electron chi connectivity index (χ2n) is 6.85. The Morgan fingerprint density at radius 1 is 0.786 bits per heavy atom. The standard InChI is InChI=1S/C24H17BrN2O/c25-19-12-9-17(10-13-19)23-26-22-8-4-3-7-21(22)24(28)27(23)20-14-11-16-5-1-2-6-18(16)15-20/h1-15,23,26H/t23-/m0/s1. The van der Waals surface area contributed by atoms with Crippen LogP contribution in [0.5, 0.6) is 0 Å². The number of hydrogen-bond donors (Lipinski definition) is 1. The van der Waals surface area contributed by atoms with E-state index >= 15 is 0 Å². The van der Waals surface area contributed by atoms with Gasteiger partial charge in [-0.2, -0.15) is 0 Å². The maximum absolute atomic E-state index is 13.5. The summed E-state index contributed by atoms with van der Waals surface area (Å²) in [5.41, 5.74) is 3.44. The third-order valence-electron chi connectivity index (χ3n) is 5.12. The van der Waals surface area contributed by atoms with Gasteiger partial charge < -0.3 is 5.32 Å². The van der Waals surface area contributed by atoms with Crippen molar-refractivity contribution in [3.63, 3.8) is 0 Å². The molecule has 28 heavy (non-hydrogen) atoms. The molecule has 0 saturated heterocycles. The van der Waals surface area contributed by atoms with Crippen molar-refractivity contribution in [2.24, 2.45) is 0 Å². The lowest BCUT2D eigenvalue weighted by molar-refractivity contribution is 0.0975. The third kappa shape index (κ3) is 2.86. The predicted molar refractivity (Wildman–Crippen MR) is 118 cm³/mol. The smallest absolute Gasteiger partial charge is 0.262 e. The molecular weight excluding hydrogens is 412 g/mol. The molecule has 0 fully saturated rings. The van der Waals surface area contributed by atoms with E-state index in [-0.39, 0.29) is 12.1 Å². The lowest BCUT2D eigenvalue weighted by Crippen LogP contribution is -2.43. The van der Waals surface area contributed by atoms with Gasteiger partial charge in [0.15, 0.2) is 0 Å². The maximum atomic E-state index is 13.5. The molecule has 1 heterocycles. The predicted octanol–water partition coefficient (Wildman–Crippen LogP) is 6.37. The van der Waals surface area contributed by atoms with Crippen LogP contribution in [0.25, 0.3) is 10.8 Å². The van der Waals surface area contributed by atoms with Crippen LogP contribution in [-0.2, 0) is 0 Å². The summed E-state index contributed by atoms with van der Waals surface area (Å²) >= 11 is 3.49. The molecule has 136 valence electrons. The molecule has 0 saturated carbocycles. The monoisotopic (exact) mass is 428 g/mol. The summed E-state index contributed by atoms with van der Waals surface area (Å²) in [5, 5.41) is 5.82. The largest absolute Gasteiger partial charge is 0.360 e. The van der Waals surface area contributed by atoms with Gasteiger partial charge in [0.25, 0.3) is 5.91 Å². The van der Waals surface area contributed by atoms with Gasteiger partial charge in [-0.3, -0.25) is 9.69 Å². The minimum Gasteiger partial charge on any atom is -0.360 e. The fourth-order valence-electron chi connectivity index (χ4n) is 3.72. The Hall–Kier alpha value is -3.11. The van der Waals surface area contributed by atoms with Gasteiger partial charge in [-0.25, -0.2) is 0 Å². The van der Waals surface area contributed by atoms with E-state index in [1.807, 2.05) is 71.6 Å². The van der Waals surface area contributed by atoms with Gasteiger partial charge in [-0.15, -0.1) is 0 Å². The van der Waals surface area contributed by atoms with Crippen molar-refractivity contribution in [3.8, 4) is 0 Å². The summed E-state index contributed by atoms with van der Waals surface area (Å²) < 4.78 is 1.01. The van der Waals surface area contributed by atoms with Crippen LogP contribution in [0.15, 0.2) is 95.5 Å². The van der Waals surface area contributed by atoms with Gasteiger partial charge in [-0.05, 0) is 52.7 Å². The van der Waals surface area contributed by atoms with Crippen molar-refractivity contribution < 1.29 is 4.79 Å². The SMILES string of the molecule is O=C1c2ccccc2N[C@H](c2ccc(Br)cc2)N1c1ccc2ccccc2c1. The normalized spacial score (nSPS) is 16.0. The van der Waals surface area contributed by atoms with E-state index < -0.39 is 0 Å². The van der Waals surface area contributed by atoms with Crippen LogP contribution < -0.4 is 10.2 Å². The highest BCUT2D eigenvalue weighted by molar-refractivity contribution is 9.10. The fourth-order valence-corrected chi connectivity index (χ4v) is 3.99. The third-order valence-corrected chi connectivity index (χ3v) is 5.65. The lowest BCUT2D eigenvalue weighted by Gasteiger charge is -2.38. The Bertz CT molecular complexity index is 1190. The molecule has 1 aliphatic rings. The first-order chi connectivity index (χ1) is 13.7. The van der Waals surface area contributed by atoms with Gasteiger partial charge in [0.1, 0.15) is 6.17 Å². The van der Waals surface area contributed by atoms with Gasteiger partial charge >= 0.3 is 0 Å². The van der Waals surface area contributed by atoms with Gasteiger partial charge in [0.2, 0.25) is 0 Å². The number of nitrogens with one attached hydrogen (secondary N) is 1. The van der Waals surface area contributed by atoms with Crippen molar-refractivity contribution in [3.05, 3.63) is 107 Å². The van der Waals surface area contributed by atoms with E-state index in [0.29, 0.717) is 5.56 Å². The van der Waals surface area contributed by atoms with Crippen LogP contribution in [0.1, 0.15) is 22.1 Å². The summed E-state index contributed by atoms with van der Waals surface area (Å²) in [5.74, 6) is -0.00227. The molecule has 1 amide bonds. The van der Waals surface area contributed by atoms with Crippen molar-refractivity contribution in [1.29, 1.82) is 0 Å². The second kappa shape index (κ2) is 6.80. The van der Waals surface area contributed by atoms with E-state index in [1.54, 1.807) is 0 Å². The fraction of sp³-hybridized carbons (Fsp3) is 0.0417. The van der Waals surface area contributed by atoms with Crippen LogP contribution in [0.3, 0.4) is 0 Å². The molecule has 0 unspecified atom stereocenters. The summed E-state index contributed by atoms with van der Waals surface area (Å²) in [7, 11) is 0. The quantitative estimate of drug-likeness (QED) is 0.401. The van der Waals surface area contributed by atoms with E-state index in [4.69, 9.17) is 0 Å². The number of anilines is 2. The number of para-hydroxylation sites is 1. The highest BCUT2D eigenvalue weighted by Gasteiger charge is 2.34. The summed E-state index contributed by atoms with van der Waals surface area (Å²) in [6, 6.07) is 30.1. The molecule has 5 rings (SSSR count). The molecule has 4 aromatic rings. The number of benzene rings is 4. The number of carbonyl (C=O) groups excluding carboxylic acids is 1. The number of amides is 1. The van der Waals surface area contributed by atoms with Crippen molar-refractivity contribution in [1.82, 2.24) is 0 Å². The highest BCUT2D eigenvalue weighted by atomic mass is 79.9. The summed E-state index contributed by atoms with van der Waals surface area (Å²) in [6.45, 7) is 0. The lowest BCUT2D eigenvalue weighted by atomic mass is 10.0. The maximum Gasteiger partial charge on any atom is 0.262 e. The van der Waals surface area contributed by atoms with Crippen LogP contribution in [0, 0.1) is 0 Å². The first-order valence-corrected chi connectivity index (χ1v) is 9.93. The Morgan fingerprint density at radius 2 is 1.50 bits per heavy atom. The summed E-state index contributed by atoms with van der Waals surface area (Å²) in [6.07, 6.45) is -0.281. The average molecular weight is 429 g/mol. The van der Waals surface area contributed by atoms with Crippen molar-refractivity contribution >= 4 is 44.0 Å². The van der Waals surface area contributed by atoms with Gasteiger partial charge in [0.05, 0.1) is 5.56 Å². The van der Waals surface area contributed by atoms with Crippen LogP contribution in [-0.4, -0.2) is 5.91 Å². The molecule has 0 aromatic heterocycles. The van der Waals surface area contributed by atoms with Crippen LogP contribution >= 0.6 is 15.9 Å². The molecule has 0 bridgehead atoms. The minimum atomic E-state index is -0.281. The van der Waals surface area contributed by atoms with Crippen LogP contribution in [0.4, 0.5) is 11.4 Å². The van der Waals surface area contributed by atoms with E-state index in [9.17, 15) is 4.79 Å². The topological polar surface area (TPSA) is 32.3 Å². The highest BCUT2D eigenvalue weighted by Crippen LogP contribution is 2.37. The van der Waals surface area contributed by atoms with Gasteiger partial charge in [-0.1, -0.05) is 70.5 Å². The Morgan fingerprint density at radius 3 is 2.32 bits per heavy atom. The number of rotatable bonds is 2. The molecule has 4 aromatic carbocycles. The molecule has 4 heteroatoms. The molecule has 0 radical (unpaired) electrons. The van der Waals surface area contributed by atoms with Crippen molar-refractivity contribution in [2.75, 3.05) is 10.2 Å². The zero-order valence-electron chi connectivity index (χ0n) is 15.0. The number of fused-ring (bicyclic) bond motifs is 2. The van der Waals surface area contributed by atoms with E-state index in [2.05, 4.69) is 45.5 Å². The molecule has 3 nitrogen and oxygen atoms in total. The average Bonchev–Trinajstić information content (AvgIpc) is 2.74. The molecule has 0 spiro atoms. The van der Waals surface area contributed by atoms with E-state index in [0.717, 1.165) is 32.2 Å². The second-order valence-corrected chi connectivity index (χ2v) is 7.77. The molecular formula is C24H17BrN2O. The van der Waals surface area contributed by atoms with Crippen LogP contribution in [0.2, 0.25) is 0 Å². The Balaban J connectivity index is 1.68. The minimum absolute atomic E-state index is 0.00227. The Labute approximate surface area is 171 Å². The first kappa shape index (κ1) is 17.0. The molecule has 1 atom stereocenters. The number of nitrogens with zero attached hydrogens (tertiary/aromatic N) is 1. The number of hydrogen-bond acceptors (Lipinski definition) is 2. The number of halogens is 1. The zero-order valence-corrected chi connectivity index (χ0v) is 16.6. The van der Waals surface area contributed by atoms with E-state index in [1.165, 1.54) is 0 Å². The zero-order chi connectivity index (χ0) is 19.1. The molecule has 1 aliphatic heterocycles. The number of carbonyl (C=O) groups is 1. The Kier molecular flexibility index (Phi) is 4.14. The molecule has 0 aliphatic carbocycles. The molecule has 1 N–H and O–H groups in total. The van der Waals surface area contributed by atoms with Crippen molar-refractivity contribution in [2.45, 2.75) is 6.17 Å².